The molecule has 1 heterocycles. The second-order valence-corrected chi connectivity index (χ2v) is 5.21. The van der Waals surface area contributed by atoms with Gasteiger partial charge in [0.25, 0.3) is 5.91 Å². The molecule has 0 fully saturated rings. The fourth-order valence-electron chi connectivity index (χ4n) is 2.19. The van der Waals surface area contributed by atoms with Crippen molar-refractivity contribution >= 4 is 28.5 Å². The van der Waals surface area contributed by atoms with Crippen LogP contribution in [0, 0.1) is 0 Å². The Bertz CT molecular complexity index is 782. The smallest absolute Gasteiger partial charge is 0.251 e. The molecule has 2 aromatic carbocycles. The third kappa shape index (κ3) is 3.23. The van der Waals surface area contributed by atoms with Crippen molar-refractivity contribution in [3.8, 4) is 0 Å². The van der Waals surface area contributed by atoms with E-state index in [1.165, 1.54) is 0 Å². The first-order valence-corrected chi connectivity index (χ1v) is 7.06. The third-order valence-electron chi connectivity index (χ3n) is 3.27. The van der Waals surface area contributed by atoms with Gasteiger partial charge in [0.15, 0.2) is 0 Å². The van der Waals surface area contributed by atoms with Crippen LogP contribution in [0.1, 0.15) is 15.9 Å². The average molecular weight is 300 g/mol. The first-order chi connectivity index (χ1) is 10.2. The zero-order valence-corrected chi connectivity index (χ0v) is 12.0. The molecule has 1 amide bonds. The predicted molar refractivity (Wildman–Crippen MR) is 83.6 cm³/mol. The molecule has 0 atom stereocenters. The van der Waals surface area contributed by atoms with E-state index in [1.807, 2.05) is 30.3 Å². The number of aromatic nitrogens is 2. The number of rotatable bonds is 4. The number of amides is 1. The lowest BCUT2D eigenvalue weighted by Crippen LogP contribution is -2.25. The molecule has 0 spiro atoms. The minimum absolute atomic E-state index is 0.0893. The van der Waals surface area contributed by atoms with Crippen molar-refractivity contribution in [2.45, 2.75) is 6.42 Å². The normalized spacial score (nSPS) is 10.7. The molecule has 21 heavy (non-hydrogen) atoms. The second-order valence-electron chi connectivity index (χ2n) is 4.77. The summed E-state index contributed by atoms with van der Waals surface area (Å²) in [6, 6.07) is 13.1. The second kappa shape index (κ2) is 5.97. The van der Waals surface area contributed by atoms with Gasteiger partial charge >= 0.3 is 0 Å². The van der Waals surface area contributed by atoms with Crippen molar-refractivity contribution in [1.82, 2.24) is 15.3 Å². The summed E-state index contributed by atoms with van der Waals surface area (Å²) in [7, 11) is 0. The summed E-state index contributed by atoms with van der Waals surface area (Å²) in [5.41, 5.74) is 3.44. The number of carbonyl (C=O) groups is 1. The van der Waals surface area contributed by atoms with Gasteiger partial charge in [0.1, 0.15) is 0 Å². The third-order valence-corrected chi connectivity index (χ3v) is 3.51. The van der Waals surface area contributed by atoms with E-state index in [9.17, 15) is 4.79 Å². The van der Waals surface area contributed by atoms with E-state index in [0.717, 1.165) is 23.0 Å². The fourth-order valence-corrected chi connectivity index (χ4v) is 2.40. The Balaban J connectivity index is 1.61. The molecular formula is C16H14ClN3O. The topological polar surface area (TPSA) is 57.8 Å². The largest absolute Gasteiger partial charge is 0.352 e. The summed E-state index contributed by atoms with van der Waals surface area (Å²) in [5, 5.41) is 3.62. The zero-order chi connectivity index (χ0) is 14.7. The summed E-state index contributed by atoms with van der Waals surface area (Å²) in [4.78, 5) is 19.2. The molecule has 0 aliphatic heterocycles. The SMILES string of the molecule is O=C(NCCc1cccc(Cl)c1)c1ccc2nc[nH]c2c1. The van der Waals surface area contributed by atoms with Gasteiger partial charge in [-0.1, -0.05) is 23.7 Å². The van der Waals surface area contributed by atoms with Gasteiger partial charge in [-0.05, 0) is 42.3 Å². The monoisotopic (exact) mass is 299 g/mol. The Labute approximate surface area is 127 Å². The number of hydrogen-bond acceptors (Lipinski definition) is 2. The van der Waals surface area contributed by atoms with Crippen LogP contribution in [0.3, 0.4) is 0 Å². The summed E-state index contributed by atoms with van der Waals surface area (Å²) in [6.45, 7) is 0.570. The minimum Gasteiger partial charge on any atom is -0.352 e. The van der Waals surface area contributed by atoms with Crippen LogP contribution < -0.4 is 5.32 Å². The minimum atomic E-state index is -0.0893. The Hall–Kier alpha value is -2.33. The summed E-state index contributed by atoms with van der Waals surface area (Å²) in [6.07, 6.45) is 2.37. The van der Waals surface area contributed by atoms with Gasteiger partial charge in [0.05, 0.1) is 17.4 Å². The molecule has 4 nitrogen and oxygen atoms in total. The quantitative estimate of drug-likeness (QED) is 0.777. The molecule has 0 aliphatic rings. The number of halogens is 1. The van der Waals surface area contributed by atoms with E-state index < -0.39 is 0 Å². The maximum absolute atomic E-state index is 12.1. The summed E-state index contributed by atoms with van der Waals surface area (Å²) >= 11 is 5.93. The summed E-state index contributed by atoms with van der Waals surface area (Å²) < 4.78 is 0. The van der Waals surface area contributed by atoms with Gasteiger partial charge in [-0.15, -0.1) is 0 Å². The van der Waals surface area contributed by atoms with E-state index >= 15 is 0 Å². The molecule has 1 aromatic heterocycles. The van der Waals surface area contributed by atoms with Crippen LogP contribution in [0.5, 0.6) is 0 Å². The van der Waals surface area contributed by atoms with E-state index in [4.69, 9.17) is 11.6 Å². The Morgan fingerprint density at radius 1 is 1.24 bits per heavy atom. The first kappa shape index (κ1) is 13.6. The van der Waals surface area contributed by atoms with Crippen molar-refractivity contribution < 1.29 is 4.79 Å². The molecule has 0 saturated heterocycles. The molecular weight excluding hydrogens is 286 g/mol. The molecule has 0 radical (unpaired) electrons. The molecule has 0 unspecified atom stereocenters. The lowest BCUT2D eigenvalue weighted by atomic mass is 10.1. The van der Waals surface area contributed by atoms with Crippen molar-refractivity contribution in [3.05, 3.63) is 64.9 Å². The average Bonchev–Trinajstić information content (AvgIpc) is 2.94. The molecule has 0 bridgehead atoms. The number of carbonyl (C=O) groups excluding carboxylic acids is 1. The predicted octanol–water partition coefficient (Wildman–Crippen LogP) is 3.19. The van der Waals surface area contributed by atoms with Crippen molar-refractivity contribution in [3.63, 3.8) is 0 Å². The number of hydrogen-bond donors (Lipinski definition) is 2. The van der Waals surface area contributed by atoms with Gasteiger partial charge < -0.3 is 10.3 Å². The number of benzene rings is 2. The van der Waals surface area contributed by atoms with E-state index in [-0.39, 0.29) is 5.91 Å². The number of nitrogens with one attached hydrogen (secondary N) is 2. The van der Waals surface area contributed by atoms with E-state index in [2.05, 4.69) is 15.3 Å². The molecule has 0 aliphatic carbocycles. The van der Waals surface area contributed by atoms with Crippen LogP contribution in [0.4, 0.5) is 0 Å². The Kier molecular flexibility index (Phi) is 3.88. The van der Waals surface area contributed by atoms with Crippen LogP contribution in [-0.2, 0) is 6.42 Å². The first-order valence-electron chi connectivity index (χ1n) is 6.68. The van der Waals surface area contributed by atoms with Crippen LogP contribution >= 0.6 is 11.6 Å². The van der Waals surface area contributed by atoms with Crippen molar-refractivity contribution in [2.75, 3.05) is 6.54 Å². The molecule has 0 saturated carbocycles. The van der Waals surface area contributed by atoms with Gasteiger partial charge in [-0.2, -0.15) is 0 Å². The number of H-pyrrole nitrogens is 1. The number of fused-ring (bicyclic) bond motifs is 1. The van der Waals surface area contributed by atoms with Gasteiger partial charge in [0, 0.05) is 17.1 Å². The highest BCUT2D eigenvalue weighted by Crippen LogP contribution is 2.12. The molecule has 3 aromatic rings. The molecule has 5 heteroatoms. The molecule has 106 valence electrons. The van der Waals surface area contributed by atoms with Crippen LogP contribution in [0.2, 0.25) is 5.02 Å². The number of aromatic amines is 1. The lowest BCUT2D eigenvalue weighted by molar-refractivity contribution is 0.0954. The van der Waals surface area contributed by atoms with Gasteiger partial charge in [-0.25, -0.2) is 4.98 Å². The fraction of sp³-hybridized carbons (Fsp3) is 0.125. The maximum atomic E-state index is 12.1. The Morgan fingerprint density at radius 2 is 2.14 bits per heavy atom. The highest BCUT2D eigenvalue weighted by Gasteiger charge is 2.06. The highest BCUT2D eigenvalue weighted by atomic mass is 35.5. The van der Waals surface area contributed by atoms with Crippen molar-refractivity contribution in [2.24, 2.45) is 0 Å². The van der Waals surface area contributed by atoms with Crippen LogP contribution in [0.15, 0.2) is 48.8 Å². The number of nitrogens with zero attached hydrogens (tertiary/aromatic N) is 1. The highest BCUT2D eigenvalue weighted by molar-refractivity contribution is 6.30. The van der Waals surface area contributed by atoms with Crippen LogP contribution in [0.25, 0.3) is 11.0 Å². The molecule has 3 rings (SSSR count). The van der Waals surface area contributed by atoms with Gasteiger partial charge in [-0.3, -0.25) is 4.79 Å². The zero-order valence-electron chi connectivity index (χ0n) is 11.3. The Morgan fingerprint density at radius 3 is 3.00 bits per heavy atom. The van der Waals surface area contributed by atoms with Gasteiger partial charge in [0.2, 0.25) is 0 Å². The van der Waals surface area contributed by atoms with Crippen molar-refractivity contribution in [1.29, 1.82) is 0 Å². The summed E-state index contributed by atoms with van der Waals surface area (Å²) in [5.74, 6) is -0.0893. The standard InChI is InChI=1S/C16H14ClN3O/c17-13-3-1-2-11(8-13)6-7-18-16(21)12-4-5-14-15(9-12)20-10-19-14/h1-5,8-10H,6-7H2,(H,18,21)(H,19,20). The van der Waals surface area contributed by atoms with E-state index in [1.54, 1.807) is 18.5 Å². The lowest BCUT2D eigenvalue weighted by Gasteiger charge is -2.06. The van der Waals surface area contributed by atoms with Crippen LogP contribution in [-0.4, -0.2) is 22.4 Å². The maximum Gasteiger partial charge on any atom is 0.251 e. The number of imidazole rings is 1. The molecule has 2 N–H and O–H groups in total. The van der Waals surface area contributed by atoms with E-state index in [0.29, 0.717) is 17.1 Å².